The molecule has 2 aliphatic heterocycles. The number of alkyl halides is 4. The van der Waals surface area contributed by atoms with Gasteiger partial charge in [0.25, 0.3) is 11.8 Å². The van der Waals surface area contributed by atoms with Crippen LogP contribution >= 0.6 is 0 Å². The first-order valence-corrected chi connectivity index (χ1v) is 22.7. The highest BCUT2D eigenvalue weighted by Gasteiger charge is 2.38. The van der Waals surface area contributed by atoms with E-state index >= 15 is 8.78 Å². The van der Waals surface area contributed by atoms with Crippen molar-refractivity contribution in [1.82, 2.24) is 54.7 Å². The lowest BCUT2D eigenvalue weighted by molar-refractivity contribution is 0.115. The van der Waals surface area contributed by atoms with Gasteiger partial charge in [0.1, 0.15) is 11.6 Å². The average molecular weight is 982 g/mol. The highest BCUT2D eigenvalue weighted by Crippen LogP contribution is 2.38. The fourth-order valence-electron chi connectivity index (χ4n) is 9.21. The highest BCUT2D eigenvalue weighted by molar-refractivity contribution is 6.03. The van der Waals surface area contributed by atoms with Crippen LogP contribution in [0.2, 0.25) is 0 Å². The summed E-state index contributed by atoms with van der Waals surface area (Å²) in [5, 5.41) is 24.6. The lowest BCUT2D eigenvalue weighted by Gasteiger charge is -2.41. The number of fused-ring (bicyclic) bond motifs is 2. The number of benzene rings is 4. The number of nitrogens with zero attached hydrogens (tertiary/aromatic N) is 13. The van der Waals surface area contributed by atoms with Crippen molar-refractivity contribution in [2.45, 2.75) is 51.2 Å². The molecule has 0 N–H and O–H groups in total. The summed E-state index contributed by atoms with van der Waals surface area (Å²) in [7, 11) is 3.72. The van der Waals surface area contributed by atoms with Gasteiger partial charge in [-0.05, 0) is 69.3 Å². The number of hydrogen-bond acceptors (Lipinski definition) is 11. The van der Waals surface area contributed by atoms with Crippen molar-refractivity contribution in [1.29, 1.82) is 0 Å². The van der Waals surface area contributed by atoms with Crippen molar-refractivity contribution >= 4 is 45.2 Å². The maximum atomic E-state index is 16.0. The predicted molar refractivity (Wildman–Crippen MR) is 246 cm³/mol. The Kier molecular flexibility index (Phi) is 12.4. The predicted octanol–water partition coefficient (Wildman–Crippen LogP) is 9.19. The Morgan fingerprint density at radius 3 is 1.75 bits per heavy atom. The second-order valence-corrected chi connectivity index (χ2v) is 17.9. The molecule has 2 aliphatic rings. The number of para-hydroxylation sites is 1. The zero-order valence-corrected chi connectivity index (χ0v) is 38.5. The Hall–Kier alpha value is -7.82. The van der Waals surface area contributed by atoms with Gasteiger partial charge >= 0.3 is 24.9 Å². The molecule has 4 amide bonds. The number of aromatic nitrogens is 8. The molecular formula is C48H45F6N13O4. The number of aryl methyl sites for hydroxylation is 1. The molecule has 10 rings (SSSR count). The standard InChI is InChI=1S/C48H45F6N13O4/c1-48(14-16-63(17-15-48)46(68)66(38-9-4-6-30-24-55-62(3)39(30)38)27-32-13-11-29(23-35(32)50)43-58-60-45(71-43)41(53)54)67-37-8-5-7-36(33(37)25-56-67)65(47(69)64-20-18-61(2)19-21-64)26-31-12-10-28(22-34(31)49)42-57-59-44(70-42)40(51)52/h4-13,22-25,40-41H,14-21,26-27H2,1-3H3. The summed E-state index contributed by atoms with van der Waals surface area (Å²) in [6, 6.07) is 18.2. The minimum atomic E-state index is -2.99. The monoisotopic (exact) mass is 981 g/mol. The number of carbonyl (C=O) groups excluding carboxylic acids is 2. The van der Waals surface area contributed by atoms with Gasteiger partial charge in [0.15, 0.2) is 0 Å². The number of urea groups is 2. The molecule has 2 fully saturated rings. The average Bonchev–Trinajstić information content (AvgIpc) is 4.21. The van der Waals surface area contributed by atoms with Crippen LogP contribution in [0.1, 0.15) is 55.5 Å². The van der Waals surface area contributed by atoms with E-state index in [1.165, 1.54) is 34.1 Å². The second-order valence-electron chi connectivity index (χ2n) is 17.9. The molecule has 6 heterocycles. The number of halogens is 6. The van der Waals surface area contributed by atoms with Gasteiger partial charge in [-0.25, -0.2) is 18.4 Å². The van der Waals surface area contributed by atoms with E-state index in [1.807, 2.05) is 36.9 Å². The van der Waals surface area contributed by atoms with Crippen LogP contribution in [-0.4, -0.2) is 113 Å². The summed E-state index contributed by atoms with van der Waals surface area (Å²) in [6.45, 7) is 4.43. The molecule has 0 unspecified atom stereocenters. The van der Waals surface area contributed by atoms with Crippen molar-refractivity contribution in [3.05, 3.63) is 120 Å². The number of amides is 4. The Balaban J connectivity index is 0.920. The van der Waals surface area contributed by atoms with Crippen LogP contribution in [0.25, 0.3) is 44.7 Å². The minimum absolute atomic E-state index is 0.0949. The number of anilines is 2. The van der Waals surface area contributed by atoms with Gasteiger partial charge in [-0.3, -0.25) is 19.2 Å². The third-order valence-electron chi connectivity index (χ3n) is 13.3. The van der Waals surface area contributed by atoms with E-state index in [1.54, 1.807) is 52.1 Å². The van der Waals surface area contributed by atoms with Crippen molar-refractivity contribution in [2.24, 2.45) is 7.05 Å². The van der Waals surface area contributed by atoms with Gasteiger partial charge in [-0.1, -0.05) is 30.3 Å². The van der Waals surface area contributed by atoms with Crippen LogP contribution in [0, 0.1) is 11.6 Å². The summed E-state index contributed by atoms with van der Waals surface area (Å²) in [6.07, 6.45) is -1.72. The zero-order chi connectivity index (χ0) is 49.7. The Morgan fingerprint density at radius 1 is 0.662 bits per heavy atom. The molecule has 0 bridgehead atoms. The first-order valence-electron chi connectivity index (χ1n) is 22.7. The molecule has 0 saturated carbocycles. The Morgan fingerprint density at radius 2 is 1.20 bits per heavy atom. The van der Waals surface area contributed by atoms with Crippen molar-refractivity contribution in [3.63, 3.8) is 0 Å². The number of piperazine rings is 1. The zero-order valence-electron chi connectivity index (χ0n) is 38.5. The summed E-state index contributed by atoms with van der Waals surface area (Å²) in [5.74, 6) is -3.74. The number of hydrogen-bond donors (Lipinski definition) is 0. The van der Waals surface area contributed by atoms with Crippen molar-refractivity contribution < 1.29 is 44.8 Å². The lowest BCUT2D eigenvalue weighted by Crippen LogP contribution is -2.52. The fraction of sp³-hybridized carbons (Fsp3) is 0.333. The summed E-state index contributed by atoms with van der Waals surface area (Å²) in [5.41, 5.74) is 2.21. The minimum Gasteiger partial charge on any atom is -0.415 e. The van der Waals surface area contributed by atoms with E-state index in [2.05, 4.69) is 30.4 Å². The number of carbonyl (C=O) groups is 2. The van der Waals surface area contributed by atoms with Crippen molar-refractivity contribution in [2.75, 3.05) is 56.1 Å². The molecule has 17 nitrogen and oxygen atoms in total. The summed E-state index contributed by atoms with van der Waals surface area (Å²) >= 11 is 0. The Bertz CT molecular complexity index is 3270. The summed E-state index contributed by atoms with van der Waals surface area (Å²) in [4.78, 5) is 37.9. The first kappa shape index (κ1) is 46.9. The molecule has 4 aromatic carbocycles. The second kappa shape index (κ2) is 18.8. The highest BCUT2D eigenvalue weighted by atomic mass is 19.3. The fourth-order valence-corrected chi connectivity index (χ4v) is 9.21. The van der Waals surface area contributed by atoms with Crippen molar-refractivity contribution in [3.8, 4) is 22.9 Å². The first-order chi connectivity index (χ1) is 34.1. The largest absolute Gasteiger partial charge is 0.415 e. The van der Waals surface area contributed by atoms with Gasteiger partial charge in [0.05, 0.1) is 53.4 Å². The lowest BCUT2D eigenvalue weighted by atomic mass is 9.89. The molecule has 0 radical (unpaired) electrons. The van der Waals surface area contributed by atoms with Crippen LogP contribution in [-0.2, 0) is 25.7 Å². The maximum absolute atomic E-state index is 16.0. The number of likely N-dealkylation sites (N-methyl/N-ethyl adjacent to an activating group) is 1. The van der Waals surface area contributed by atoms with Gasteiger partial charge in [0.2, 0.25) is 11.8 Å². The SMILES string of the molecule is CN1CCN(C(=O)N(Cc2ccc(-c3nnc(C(F)F)o3)cc2F)c2cccc3c2cnn3C2(C)CCN(C(=O)N(Cc3ccc(-c4nnc(C(F)F)o4)cc3F)c3cccc4cnn(C)c34)CC2)CC1. The van der Waals surface area contributed by atoms with Gasteiger partial charge < -0.3 is 23.5 Å². The van der Waals surface area contributed by atoms with E-state index in [-0.39, 0.29) is 72.3 Å². The maximum Gasteiger partial charge on any atom is 0.324 e. The molecule has 23 heteroatoms. The summed E-state index contributed by atoms with van der Waals surface area (Å²) < 4.78 is 98.2. The topological polar surface area (TPSA) is 164 Å². The number of piperidine rings is 1. The van der Waals surface area contributed by atoms with Gasteiger partial charge in [-0.2, -0.15) is 27.8 Å². The molecule has 71 heavy (non-hydrogen) atoms. The van der Waals surface area contributed by atoms with Crippen LogP contribution in [0.5, 0.6) is 0 Å². The molecular weight excluding hydrogens is 937 g/mol. The molecule has 0 aliphatic carbocycles. The third kappa shape index (κ3) is 9.00. The van der Waals surface area contributed by atoms with E-state index in [0.717, 1.165) is 17.5 Å². The number of rotatable bonds is 11. The third-order valence-corrected chi connectivity index (χ3v) is 13.3. The molecule has 2 saturated heterocycles. The van der Waals surface area contributed by atoms with E-state index in [0.29, 0.717) is 66.8 Å². The number of likely N-dealkylation sites (tertiary alicyclic amines) is 1. The van der Waals surface area contributed by atoms with Crippen LogP contribution in [0.4, 0.5) is 47.3 Å². The Labute approximate surface area is 400 Å². The molecule has 368 valence electrons. The smallest absolute Gasteiger partial charge is 0.324 e. The molecule has 8 aromatic rings. The van der Waals surface area contributed by atoms with Crippen LogP contribution < -0.4 is 9.80 Å². The van der Waals surface area contributed by atoms with Gasteiger partial charge in [0, 0.05) is 79.3 Å². The van der Waals surface area contributed by atoms with Crippen LogP contribution in [0.15, 0.2) is 94.0 Å². The van der Waals surface area contributed by atoms with E-state index in [9.17, 15) is 27.2 Å². The van der Waals surface area contributed by atoms with E-state index in [4.69, 9.17) is 13.9 Å². The quantitative estimate of drug-likeness (QED) is 0.114. The molecule has 0 atom stereocenters. The normalized spacial score (nSPS) is 15.4. The van der Waals surface area contributed by atoms with Gasteiger partial charge in [-0.15, -0.1) is 20.4 Å². The molecule has 4 aromatic heterocycles. The van der Waals surface area contributed by atoms with E-state index < -0.39 is 41.8 Å². The van der Waals surface area contributed by atoms with Crippen LogP contribution in [0.3, 0.4) is 0 Å². The molecule has 0 spiro atoms.